The van der Waals surface area contributed by atoms with Gasteiger partial charge in [0.1, 0.15) is 11.5 Å². The number of aliphatic hydroxyl groups is 1. The molecule has 1 saturated heterocycles. The number of halogens is 1. The molecule has 0 radical (unpaired) electrons. The molecule has 0 bridgehead atoms. The van der Waals surface area contributed by atoms with Crippen LogP contribution in [0.5, 0.6) is 5.75 Å². The average molecular weight is 507 g/mol. The van der Waals surface area contributed by atoms with Crippen molar-refractivity contribution in [2.75, 3.05) is 0 Å². The first-order chi connectivity index (χ1) is 15.8. The first kappa shape index (κ1) is 22.7. The van der Waals surface area contributed by atoms with Crippen molar-refractivity contribution in [3.8, 4) is 5.75 Å². The van der Waals surface area contributed by atoms with Gasteiger partial charge in [-0.2, -0.15) is 0 Å². The summed E-state index contributed by atoms with van der Waals surface area (Å²) in [5, 5.41) is 11.2. The molecule has 1 atom stereocenters. The molecular formula is C26H23BrN2O4. The van der Waals surface area contributed by atoms with E-state index in [9.17, 15) is 14.7 Å². The van der Waals surface area contributed by atoms with E-state index >= 15 is 0 Å². The second-order valence-corrected chi connectivity index (χ2v) is 8.95. The van der Waals surface area contributed by atoms with Crippen LogP contribution in [0.2, 0.25) is 0 Å². The summed E-state index contributed by atoms with van der Waals surface area (Å²) in [6.07, 6.45) is 3.32. The van der Waals surface area contributed by atoms with Gasteiger partial charge >= 0.3 is 0 Å². The second-order valence-electron chi connectivity index (χ2n) is 8.03. The number of aliphatic hydroxyl groups excluding tert-OH is 1. The van der Waals surface area contributed by atoms with E-state index in [1.807, 2.05) is 44.2 Å². The molecule has 0 aliphatic carbocycles. The fourth-order valence-electron chi connectivity index (χ4n) is 3.87. The third-order valence-corrected chi connectivity index (χ3v) is 5.77. The van der Waals surface area contributed by atoms with Gasteiger partial charge in [0.25, 0.3) is 11.7 Å². The molecule has 33 heavy (non-hydrogen) atoms. The van der Waals surface area contributed by atoms with Gasteiger partial charge in [0.2, 0.25) is 0 Å². The number of benzene rings is 2. The molecule has 0 unspecified atom stereocenters. The van der Waals surface area contributed by atoms with Crippen LogP contribution in [0.1, 0.15) is 36.6 Å². The Morgan fingerprint density at radius 1 is 1.12 bits per heavy atom. The Morgan fingerprint density at radius 2 is 1.88 bits per heavy atom. The number of aromatic nitrogens is 1. The number of hydrogen-bond donors (Lipinski definition) is 1. The van der Waals surface area contributed by atoms with Crippen molar-refractivity contribution < 1.29 is 19.4 Å². The Labute approximate surface area is 200 Å². The minimum atomic E-state index is -0.741. The highest BCUT2D eigenvalue weighted by molar-refractivity contribution is 9.10. The summed E-state index contributed by atoms with van der Waals surface area (Å²) in [6, 6.07) is 17.1. The molecule has 2 heterocycles. The number of Topliss-reactive ketones (excluding diaryl/α,β-unsaturated/α-hetero) is 1. The Hall–Kier alpha value is -3.45. The quantitative estimate of drug-likeness (QED) is 0.280. The molecule has 0 spiro atoms. The minimum absolute atomic E-state index is 0.0128. The van der Waals surface area contributed by atoms with Gasteiger partial charge in [-0.3, -0.25) is 14.6 Å². The summed E-state index contributed by atoms with van der Waals surface area (Å²) in [4.78, 5) is 31.8. The van der Waals surface area contributed by atoms with E-state index in [0.717, 1.165) is 10.0 Å². The van der Waals surface area contributed by atoms with Crippen LogP contribution in [-0.4, -0.2) is 32.8 Å². The van der Waals surface area contributed by atoms with Gasteiger partial charge in [0.05, 0.1) is 17.7 Å². The number of hydrogen-bond acceptors (Lipinski definition) is 5. The number of amides is 1. The third kappa shape index (κ3) is 4.83. The molecule has 6 nitrogen and oxygen atoms in total. The molecule has 2 aromatic carbocycles. The van der Waals surface area contributed by atoms with Crippen molar-refractivity contribution in [1.82, 2.24) is 9.88 Å². The predicted octanol–water partition coefficient (Wildman–Crippen LogP) is 5.25. The van der Waals surface area contributed by atoms with Gasteiger partial charge in [-0.1, -0.05) is 34.1 Å². The molecule has 7 heteroatoms. The summed E-state index contributed by atoms with van der Waals surface area (Å²) in [7, 11) is 0. The van der Waals surface area contributed by atoms with Gasteiger partial charge in [0, 0.05) is 29.0 Å². The molecule has 1 fully saturated rings. The molecule has 3 aromatic rings. The fraction of sp³-hybridized carbons (Fsp3) is 0.192. The van der Waals surface area contributed by atoms with E-state index < -0.39 is 17.7 Å². The number of ketones is 1. The number of carbonyl (C=O) groups excluding carboxylic acids is 2. The van der Waals surface area contributed by atoms with E-state index in [2.05, 4.69) is 20.9 Å². The van der Waals surface area contributed by atoms with Gasteiger partial charge in [-0.05, 0) is 67.4 Å². The number of carbonyl (C=O) groups is 2. The number of pyridine rings is 1. The standard InChI is InChI=1S/C26H23BrN2O4/c1-16(2)33-21-10-8-18(9-11-21)24(30)22-23(19-6-3-7-20(27)13-19)29(26(32)25(22)31)15-17-5-4-12-28-14-17/h3-14,16,23,30H,15H2,1-2H3/t23-/m0/s1. The van der Waals surface area contributed by atoms with Crippen molar-refractivity contribution >= 4 is 33.4 Å². The van der Waals surface area contributed by atoms with Crippen LogP contribution in [0, 0.1) is 0 Å². The third-order valence-electron chi connectivity index (χ3n) is 5.28. The zero-order valence-electron chi connectivity index (χ0n) is 18.2. The lowest BCUT2D eigenvalue weighted by molar-refractivity contribution is -0.140. The monoisotopic (exact) mass is 506 g/mol. The van der Waals surface area contributed by atoms with Crippen molar-refractivity contribution in [2.45, 2.75) is 32.5 Å². The average Bonchev–Trinajstić information content (AvgIpc) is 3.04. The maximum Gasteiger partial charge on any atom is 0.295 e. The van der Waals surface area contributed by atoms with Gasteiger partial charge in [-0.25, -0.2) is 0 Å². The van der Waals surface area contributed by atoms with Crippen LogP contribution in [0.15, 0.2) is 83.1 Å². The molecule has 1 aromatic heterocycles. The predicted molar refractivity (Wildman–Crippen MR) is 128 cm³/mol. The Kier molecular flexibility index (Phi) is 6.60. The number of likely N-dealkylation sites (tertiary alicyclic amines) is 1. The van der Waals surface area contributed by atoms with Crippen LogP contribution >= 0.6 is 15.9 Å². The SMILES string of the molecule is CC(C)Oc1ccc(C(O)=C2C(=O)C(=O)N(Cc3cccnc3)[C@H]2c2cccc(Br)c2)cc1. The Morgan fingerprint density at radius 3 is 2.52 bits per heavy atom. The molecule has 168 valence electrons. The molecule has 1 aliphatic rings. The lowest BCUT2D eigenvalue weighted by atomic mass is 9.95. The van der Waals surface area contributed by atoms with E-state index in [-0.39, 0.29) is 24.0 Å². The number of rotatable bonds is 6. The molecule has 1 amide bonds. The molecule has 1 aliphatic heterocycles. The van der Waals surface area contributed by atoms with Crippen LogP contribution in [0.25, 0.3) is 5.76 Å². The maximum atomic E-state index is 13.1. The minimum Gasteiger partial charge on any atom is -0.507 e. The van der Waals surface area contributed by atoms with Crippen LogP contribution in [0.3, 0.4) is 0 Å². The molecule has 0 saturated carbocycles. The van der Waals surface area contributed by atoms with Crippen molar-refractivity contribution in [1.29, 1.82) is 0 Å². The number of nitrogens with zero attached hydrogens (tertiary/aromatic N) is 2. The van der Waals surface area contributed by atoms with Gasteiger partial charge in [0.15, 0.2) is 0 Å². The summed E-state index contributed by atoms with van der Waals surface area (Å²) < 4.78 is 6.47. The lowest BCUT2D eigenvalue weighted by Gasteiger charge is -2.25. The van der Waals surface area contributed by atoms with Crippen molar-refractivity contribution in [3.05, 3.63) is 99.8 Å². The maximum absolute atomic E-state index is 13.1. The zero-order valence-corrected chi connectivity index (χ0v) is 19.8. The summed E-state index contributed by atoms with van der Waals surface area (Å²) >= 11 is 3.46. The molecule has 1 N–H and O–H groups in total. The smallest absolute Gasteiger partial charge is 0.295 e. The topological polar surface area (TPSA) is 79.7 Å². The van der Waals surface area contributed by atoms with E-state index in [1.54, 1.807) is 42.7 Å². The highest BCUT2D eigenvalue weighted by atomic mass is 79.9. The van der Waals surface area contributed by atoms with E-state index in [4.69, 9.17) is 4.74 Å². The van der Waals surface area contributed by atoms with Gasteiger partial charge in [-0.15, -0.1) is 0 Å². The normalized spacial score (nSPS) is 17.6. The Bertz CT molecular complexity index is 1210. The summed E-state index contributed by atoms with van der Waals surface area (Å²) in [5.41, 5.74) is 1.99. The summed E-state index contributed by atoms with van der Waals surface area (Å²) in [6.45, 7) is 4.04. The lowest BCUT2D eigenvalue weighted by Crippen LogP contribution is -2.29. The van der Waals surface area contributed by atoms with Crippen LogP contribution < -0.4 is 4.74 Å². The summed E-state index contributed by atoms with van der Waals surface area (Å²) in [5.74, 6) is -0.945. The second kappa shape index (κ2) is 9.58. The molecule has 4 rings (SSSR count). The highest BCUT2D eigenvalue weighted by Gasteiger charge is 2.46. The highest BCUT2D eigenvalue weighted by Crippen LogP contribution is 2.41. The first-order valence-corrected chi connectivity index (χ1v) is 11.3. The van der Waals surface area contributed by atoms with Crippen molar-refractivity contribution in [2.24, 2.45) is 0 Å². The fourth-order valence-corrected chi connectivity index (χ4v) is 4.29. The van der Waals surface area contributed by atoms with Gasteiger partial charge < -0.3 is 14.7 Å². The number of ether oxygens (including phenoxy) is 1. The van der Waals surface area contributed by atoms with Crippen LogP contribution in [0.4, 0.5) is 0 Å². The zero-order chi connectivity index (χ0) is 23.5. The largest absolute Gasteiger partial charge is 0.507 e. The first-order valence-electron chi connectivity index (χ1n) is 10.5. The molecular weight excluding hydrogens is 484 g/mol. The van der Waals surface area contributed by atoms with E-state index in [0.29, 0.717) is 16.9 Å². The van der Waals surface area contributed by atoms with Crippen LogP contribution in [-0.2, 0) is 16.1 Å². The van der Waals surface area contributed by atoms with Crippen molar-refractivity contribution in [3.63, 3.8) is 0 Å². The van der Waals surface area contributed by atoms with E-state index in [1.165, 1.54) is 4.90 Å². The Balaban J connectivity index is 1.80.